The number of methoxy groups -OCH3 is 1. The van der Waals surface area contributed by atoms with Crippen LogP contribution >= 0.6 is 0 Å². The molecule has 1 aliphatic rings. The normalized spacial score (nSPS) is 14.8. The molecule has 0 amide bonds. The van der Waals surface area contributed by atoms with Gasteiger partial charge in [0.15, 0.2) is 11.5 Å². The van der Waals surface area contributed by atoms with Crippen LogP contribution in [0.1, 0.15) is 36.8 Å². The van der Waals surface area contributed by atoms with Gasteiger partial charge in [-0.05, 0) is 71.9 Å². The molecule has 3 heteroatoms. The minimum Gasteiger partial charge on any atom is -0.493 e. The van der Waals surface area contributed by atoms with Gasteiger partial charge in [-0.2, -0.15) is 5.26 Å². The molecule has 4 rings (SSSR count). The molecule has 3 aromatic carbocycles. The van der Waals surface area contributed by atoms with Crippen LogP contribution in [0, 0.1) is 11.3 Å². The number of benzene rings is 3. The van der Waals surface area contributed by atoms with Crippen LogP contribution in [0.25, 0.3) is 22.4 Å². The quantitative estimate of drug-likeness (QED) is 0.395. The van der Waals surface area contributed by atoms with E-state index in [1.54, 1.807) is 7.11 Å². The van der Waals surface area contributed by atoms with Gasteiger partial charge in [0.2, 0.25) is 0 Å². The van der Waals surface area contributed by atoms with Crippen molar-refractivity contribution in [2.75, 3.05) is 7.11 Å². The lowest BCUT2D eigenvalue weighted by Gasteiger charge is -2.16. The first-order chi connectivity index (χ1) is 13.8. The lowest BCUT2D eigenvalue weighted by molar-refractivity contribution is 0.201. The number of ether oxygens (including phenoxy) is 2. The molecular formula is C25H23NO2. The van der Waals surface area contributed by atoms with E-state index in [1.165, 1.54) is 18.2 Å². The second kappa shape index (κ2) is 8.19. The van der Waals surface area contributed by atoms with Crippen molar-refractivity contribution in [2.45, 2.75) is 31.8 Å². The standard InChI is InChI=1S/C25H23NO2/c1-27-24-13-10-18(15-25(24)28-23-8-4-5-9-23)14-22(17-26)21-12-11-19-6-2-3-7-20(19)16-21/h2-3,6-7,10-16,23H,4-5,8-9H2,1H3. The number of nitriles is 1. The van der Waals surface area contributed by atoms with Crippen LogP contribution in [-0.2, 0) is 0 Å². The number of rotatable bonds is 5. The topological polar surface area (TPSA) is 42.2 Å². The Morgan fingerprint density at radius 3 is 2.50 bits per heavy atom. The van der Waals surface area contributed by atoms with Gasteiger partial charge in [-0.3, -0.25) is 0 Å². The summed E-state index contributed by atoms with van der Waals surface area (Å²) >= 11 is 0. The predicted molar refractivity (Wildman–Crippen MR) is 113 cm³/mol. The molecular weight excluding hydrogens is 346 g/mol. The Bertz CT molecular complexity index is 1060. The van der Waals surface area contributed by atoms with E-state index in [2.05, 4.69) is 30.3 Å². The van der Waals surface area contributed by atoms with Crippen LogP contribution in [0.2, 0.25) is 0 Å². The maximum atomic E-state index is 9.74. The molecule has 0 heterocycles. The average Bonchev–Trinajstić information content (AvgIpc) is 3.25. The number of hydrogen-bond donors (Lipinski definition) is 0. The van der Waals surface area contributed by atoms with Gasteiger partial charge in [0, 0.05) is 0 Å². The lowest BCUT2D eigenvalue weighted by Crippen LogP contribution is -2.11. The highest BCUT2D eigenvalue weighted by Crippen LogP contribution is 2.33. The van der Waals surface area contributed by atoms with Gasteiger partial charge in [0.1, 0.15) is 0 Å². The molecule has 1 fully saturated rings. The third kappa shape index (κ3) is 3.87. The van der Waals surface area contributed by atoms with Gasteiger partial charge in [-0.25, -0.2) is 0 Å². The molecule has 0 N–H and O–H groups in total. The van der Waals surface area contributed by atoms with E-state index in [4.69, 9.17) is 9.47 Å². The zero-order valence-electron chi connectivity index (χ0n) is 16.0. The van der Waals surface area contributed by atoms with E-state index in [0.717, 1.165) is 40.9 Å². The maximum absolute atomic E-state index is 9.74. The molecule has 0 aliphatic heterocycles. The highest BCUT2D eigenvalue weighted by Gasteiger charge is 2.18. The zero-order valence-corrected chi connectivity index (χ0v) is 16.0. The highest BCUT2D eigenvalue weighted by atomic mass is 16.5. The number of fused-ring (bicyclic) bond motifs is 1. The lowest BCUT2D eigenvalue weighted by atomic mass is 10.00. The van der Waals surface area contributed by atoms with E-state index >= 15 is 0 Å². The first kappa shape index (κ1) is 18.1. The third-order valence-electron chi connectivity index (χ3n) is 5.28. The van der Waals surface area contributed by atoms with Crippen LogP contribution in [0.4, 0.5) is 0 Å². The van der Waals surface area contributed by atoms with Crippen molar-refractivity contribution in [2.24, 2.45) is 0 Å². The van der Waals surface area contributed by atoms with Crippen molar-refractivity contribution < 1.29 is 9.47 Å². The molecule has 1 saturated carbocycles. The smallest absolute Gasteiger partial charge is 0.162 e. The van der Waals surface area contributed by atoms with E-state index in [-0.39, 0.29) is 6.10 Å². The molecule has 0 bridgehead atoms. The van der Waals surface area contributed by atoms with Crippen LogP contribution in [-0.4, -0.2) is 13.2 Å². The van der Waals surface area contributed by atoms with Crippen molar-refractivity contribution in [3.05, 3.63) is 71.8 Å². The summed E-state index contributed by atoms with van der Waals surface area (Å²) in [6, 6.07) is 22.5. The first-order valence-corrected chi connectivity index (χ1v) is 9.72. The maximum Gasteiger partial charge on any atom is 0.162 e. The summed E-state index contributed by atoms with van der Waals surface area (Å²) in [5, 5.41) is 12.0. The van der Waals surface area contributed by atoms with Gasteiger partial charge >= 0.3 is 0 Å². The Morgan fingerprint density at radius 1 is 0.964 bits per heavy atom. The van der Waals surface area contributed by atoms with Crippen molar-refractivity contribution in [3.63, 3.8) is 0 Å². The van der Waals surface area contributed by atoms with Gasteiger partial charge in [0.05, 0.1) is 24.9 Å². The zero-order chi connectivity index (χ0) is 19.3. The van der Waals surface area contributed by atoms with Crippen molar-refractivity contribution in [3.8, 4) is 17.6 Å². The fourth-order valence-corrected chi connectivity index (χ4v) is 3.76. The summed E-state index contributed by atoms with van der Waals surface area (Å²) in [5.74, 6) is 1.48. The van der Waals surface area contributed by atoms with Gasteiger partial charge in [-0.15, -0.1) is 0 Å². The summed E-state index contributed by atoms with van der Waals surface area (Å²) in [6.07, 6.45) is 6.77. The van der Waals surface area contributed by atoms with Crippen LogP contribution in [0.5, 0.6) is 11.5 Å². The first-order valence-electron chi connectivity index (χ1n) is 9.72. The Labute approximate surface area is 165 Å². The fourth-order valence-electron chi connectivity index (χ4n) is 3.76. The Morgan fingerprint density at radius 2 is 1.75 bits per heavy atom. The Kier molecular flexibility index (Phi) is 5.30. The largest absolute Gasteiger partial charge is 0.493 e. The minimum atomic E-state index is 0.254. The molecule has 0 spiro atoms. The third-order valence-corrected chi connectivity index (χ3v) is 5.28. The highest BCUT2D eigenvalue weighted by molar-refractivity contribution is 5.94. The summed E-state index contributed by atoms with van der Waals surface area (Å²) in [4.78, 5) is 0. The Hall–Kier alpha value is -3.25. The second-order valence-electron chi connectivity index (χ2n) is 7.17. The van der Waals surface area contributed by atoms with Gasteiger partial charge in [-0.1, -0.05) is 42.5 Å². The minimum absolute atomic E-state index is 0.254. The van der Waals surface area contributed by atoms with Crippen molar-refractivity contribution in [1.82, 2.24) is 0 Å². The molecule has 0 unspecified atom stereocenters. The molecule has 0 radical (unpaired) electrons. The molecule has 0 aromatic heterocycles. The fraction of sp³-hybridized carbons (Fsp3) is 0.240. The van der Waals surface area contributed by atoms with Crippen molar-refractivity contribution in [1.29, 1.82) is 5.26 Å². The van der Waals surface area contributed by atoms with Crippen LogP contribution in [0.3, 0.4) is 0 Å². The summed E-state index contributed by atoms with van der Waals surface area (Å²) < 4.78 is 11.6. The Balaban J connectivity index is 1.67. The molecule has 1 aliphatic carbocycles. The SMILES string of the molecule is COc1ccc(C=C(C#N)c2ccc3ccccc3c2)cc1OC1CCCC1. The summed E-state index contributed by atoms with van der Waals surface area (Å²) in [7, 11) is 1.65. The summed E-state index contributed by atoms with van der Waals surface area (Å²) in [6.45, 7) is 0. The van der Waals surface area contributed by atoms with Gasteiger partial charge in [0.25, 0.3) is 0 Å². The molecule has 3 aromatic rings. The summed E-state index contributed by atoms with van der Waals surface area (Å²) in [5.41, 5.74) is 2.47. The number of hydrogen-bond acceptors (Lipinski definition) is 3. The molecule has 0 atom stereocenters. The van der Waals surface area contributed by atoms with Crippen LogP contribution < -0.4 is 9.47 Å². The molecule has 3 nitrogen and oxygen atoms in total. The van der Waals surface area contributed by atoms with Gasteiger partial charge < -0.3 is 9.47 Å². The molecule has 28 heavy (non-hydrogen) atoms. The predicted octanol–water partition coefficient (Wildman–Crippen LogP) is 6.23. The second-order valence-corrected chi connectivity index (χ2v) is 7.17. The molecule has 140 valence electrons. The average molecular weight is 369 g/mol. The van der Waals surface area contributed by atoms with E-state index in [0.29, 0.717) is 5.57 Å². The number of nitrogens with zero attached hydrogens (tertiary/aromatic N) is 1. The van der Waals surface area contributed by atoms with E-state index in [9.17, 15) is 5.26 Å². The van der Waals surface area contributed by atoms with Crippen molar-refractivity contribution >= 4 is 22.4 Å². The van der Waals surface area contributed by atoms with Crippen LogP contribution in [0.15, 0.2) is 60.7 Å². The molecule has 0 saturated heterocycles. The monoisotopic (exact) mass is 369 g/mol. The van der Waals surface area contributed by atoms with E-state index in [1.807, 2.05) is 42.5 Å². The number of allylic oxidation sites excluding steroid dienone is 1. The van der Waals surface area contributed by atoms with E-state index < -0.39 is 0 Å².